The molecule has 1 fully saturated rings. The lowest BCUT2D eigenvalue weighted by molar-refractivity contribution is -0.765. The third-order valence-corrected chi connectivity index (χ3v) is 4.33. The number of amides is 3. The summed E-state index contributed by atoms with van der Waals surface area (Å²) in [4.78, 5) is 61.5. The van der Waals surface area contributed by atoms with Crippen molar-refractivity contribution in [2.75, 3.05) is 18.8 Å². The van der Waals surface area contributed by atoms with Gasteiger partial charge in [0.1, 0.15) is 5.69 Å². The number of nitrogens with zero attached hydrogens (tertiary/aromatic N) is 3. The van der Waals surface area contributed by atoms with Crippen molar-refractivity contribution in [2.45, 2.75) is 45.6 Å². The first kappa shape index (κ1) is 19.6. The molecule has 150 valence electrons. The van der Waals surface area contributed by atoms with Crippen LogP contribution < -0.4 is 5.73 Å². The van der Waals surface area contributed by atoms with E-state index in [1.165, 1.54) is 17.0 Å². The summed E-state index contributed by atoms with van der Waals surface area (Å²) < 4.78 is 0. The molecule has 0 atom stereocenters. The van der Waals surface area contributed by atoms with Crippen LogP contribution >= 0.6 is 0 Å². The van der Waals surface area contributed by atoms with Crippen LogP contribution in [0.15, 0.2) is 12.1 Å². The first-order valence-corrected chi connectivity index (χ1v) is 9.04. The second kappa shape index (κ2) is 7.10. The third-order valence-electron chi connectivity index (χ3n) is 4.33. The molecule has 0 unspecified atom stereocenters. The monoisotopic (exact) mass is 391 g/mol. The van der Waals surface area contributed by atoms with Crippen molar-refractivity contribution in [3.63, 3.8) is 0 Å². The minimum Gasteiger partial charge on any atom is -0.393 e. The topological polar surface area (TPSA) is 122 Å². The smallest absolute Gasteiger partial charge is 0.393 e. The van der Waals surface area contributed by atoms with Gasteiger partial charge in [-0.25, -0.2) is 9.63 Å². The maximum atomic E-state index is 12.6. The average molecular weight is 391 g/mol. The van der Waals surface area contributed by atoms with Crippen LogP contribution in [0.3, 0.4) is 0 Å². The molecule has 2 N–H and O–H groups in total. The summed E-state index contributed by atoms with van der Waals surface area (Å²) in [6.07, 6.45) is 1.93. The summed E-state index contributed by atoms with van der Waals surface area (Å²) >= 11 is 0. The van der Waals surface area contributed by atoms with Gasteiger partial charge >= 0.3 is 11.8 Å². The first-order chi connectivity index (χ1) is 13.1. The highest BCUT2D eigenvalue weighted by Gasteiger charge is 2.43. The molecule has 10 nitrogen and oxygen atoms in total. The predicted octanol–water partition coefficient (Wildman–Crippen LogP) is 2.54. The Hall–Kier alpha value is -3.17. The van der Waals surface area contributed by atoms with Gasteiger partial charge in [-0.15, -0.1) is 0 Å². The normalized spacial score (nSPS) is 16.8. The number of rotatable bonds is 3. The van der Waals surface area contributed by atoms with E-state index in [4.69, 9.17) is 15.4 Å². The largest absolute Gasteiger partial charge is 0.434 e. The van der Waals surface area contributed by atoms with Crippen LogP contribution in [0.2, 0.25) is 0 Å². The molecule has 28 heavy (non-hydrogen) atoms. The Morgan fingerprint density at radius 2 is 1.64 bits per heavy atom. The lowest BCUT2D eigenvalue weighted by Gasteiger charge is -2.26. The van der Waals surface area contributed by atoms with Gasteiger partial charge in [0.15, 0.2) is 5.60 Å². The summed E-state index contributed by atoms with van der Waals surface area (Å²) in [5.74, 6) is -1.64. The first-order valence-electron chi connectivity index (χ1n) is 9.04. The van der Waals surface area contributed by atoms with E-state index in [2.05, 4.69) is 0 Å². The van der Waals surface area contributed by atoms with Crippen LogP contribution in [0.4, 0.5) is 16.2 Å². The summed E-state index contributed by atoms with van der Waals surface area (Å²) in [7, 11) is 0. The molecule has 0 bridgehead atoms. The quantitative estimate of drug-likeness (QED) is 0.477. The van der Waals surface area contributed by atoms with Crippen molar-refractivity contribution < 1.29 is 29.0 Å². The zero-order chi connectivity index (χ0) is 20.6. The fourth-order valence-electron chi connectivity index (χ4n) is 3.02. The van der Waals surface area contributed by atoms with Gasteiger partial charge in [0.05, 0.1) is 16.0 Å². The van der Waals surface area contributed by atoms with Gasteiger partial charge in [-0.2, -0.15) is 0 Å². The van der Waals surface area contributed by atoms with Gasteiger partial charge in [-0.3, -0.25) is 9.59 Å². The number of hydroxylamine groups is 2. The fraction of sp³-hybridized carbons (Fsp3) is 0.500. The number of hydrogen-bond acceptors (Lipinski definition) is 7. The molecule has 0 aliphatic carbocycles. The summed E-state index contributed by atoms with van der Waals surface area (Å²) in [6.45, 7) is 6.05. The van der Waals surface area contributed by atoms with Crippen LogP contribution in [-0.4, -0.2) is 51.5 Å². The van der Waals surface area contributed by atoms with E-state index in [1.807, 2.05) is 0 Å². The minimum absolute atomic E-state index is 0.0386. The number of imide groups is 1. The maximum absolute atomic E-state index is 12.6. The standard InChI is InChI=1S/C18H22N4O6/c1-18(2,3)28-22(26)14-10-12-11(9-13(14)19)15(23)21(16(12)24)27-17(25)20-7-5-4-6-8-20/h9-10H,4-8H2,1-3H3,(H-,19,24,26)/p+1. The Labute approximate surface area is 161 Å². The molecule has 10 heteroatoms. The number of nitrogens with two attached hydrogens (primary N) is 1. The zero-order valence-corrected chi connectivity index (χ0v) is 16.1. The lowest BCUT2D eigenvalue weighted by Crippen LogP contribution is -2.42. The van der Waals surface area contributed by atoms with Crippen LogP contribution in [0, 0.1) is 4.91 Å². The zero-order valence-electron chi connectivity index (χ0n) is 16.1. The van der Waals surface area contributed by atoms with Crippen LogP contribution in [0.25, 0.3) is 0 Å². The highest BCUT2D eigenvalue weighted by Crippen LogP contribution is 2.33. The molecule has 1 aromatic rings. The van der Waals surface area contributed by atoms with Crippen LogP contribution in [0.1, 0.15) is 60.7 Å². The number of carbonyl (C=O) groups is 3. The second-order valence-electron chi connectivity index (χ2n) is 7.73. The predicted molar refractivity (Wildman–Crippen MR) is 97.4 cm³/mol. The number of nitrogen functional groups attached to an aromatic ring is 1. The van der Waals surface area contributed by atoms with Crippen molar-refractivity contribution in [3.8, 4) is 0 Å². The molecular weight excluding hydrogens is 368 g/mol. The number of hydrogen-bond donors (Lipinski definition) is 1. The molecule has 2 aliphatic heterocycles. The molecule has 2 heterocycles. The molecule has 0 aromatic heterocycles. The minimum atomic E-state index is -0.837. The van der Waals surface area contributed by atoms with Crippen molar-refractivity contribution in [3.05, 3.63) is 28.2 Å². The Bertz CT molecular complexity index is 854. The average Bonchev–Trinajstić information content (AvgIpc) is 2.84. The van der Waals surface area contributed by atoms with Crippen molar-refractivity contribution >= 4 is 29.3 Å². The van der Waals surface area contributed by atoms with Gasteiger partial charge in [0.25, 0.3) is 16.7 Å². The van der Waals surface area contributed by atoms with Gasteiger partial charge in [0.2, 0.25) is 0 Å². The number of benzene rings is 1. The fourth-order valence-corrected chi connectivity index (χ4v) is 3.02. The molecule has 2 aliphatic rings. The number of anilines is 1. The number of carbonyl (C=O) groups excluding carboxylic acids is 3. The number of piperidine rings is 1. The second-order valence-corrected chi connectivity index (χ2v) is 7.73. The highest BCUT2D eigenvalue weighted by atomic mass is 16.8. The Balaban J connectivity index is 1.83. The maximum Gasteiger partial charge on any atom is 0.434 e. The molecule has 1 aromatic carbocycles. The molecule has 0 radical (unpaired) electrons. The van der Waals surface area contributed by atoms with E-state index in [1.54, 1.807) is 20.8 Å². The molecular formula is C18H23N4O6+. The Kier molecular flexibility index (Phi) is 4.97. The van der Waals surface area contributed by atoms with Crippen molar-refractivity contribution in [1.82, 2.24) is 9.96 Å². The molecule has 0 spiro atoms. The Morgan fingerprint density at radius 3 is 2.21 bits per heavy atom. The Morgan fingerprint density at radius 1 is 1.07 bits per heavy atom. The highest BCUT2D eigenvalue weighted by molar-refractivity contribution is 6.21. The molecule has 3 amide bonds. The van der Waals surface area contributed by atoms with E-state index < -0.39 is 23.5 Å². The van der Waals surface area contributed by atoms with E-state index in [0.717, 1.165) is 19.3 Å². The third kappa shape index (κ3) is 3.75. The summed E-state index contributed by atoms with van der Waals surface area (Å²) in [5.41, 5.74) is 4.80. The summed E-state index contributed by atoms with van der Waals surface area (Å²) in [6, 6.07) is 2.37. The van der Waals surface area contributed by atoms with Crippen molar-refractivity contribution in [1.29, 1.82) is 0 Å². The SMILES string of the molecule is CC(C)(C)O[N+](=O)c1cc2c(cc1N)C(=O)N(OC(=O)N1CCCCC1)C2=O. The summed E-state index contributed by atoms with van der Waals surface area (Å²) in [5, 5.41) is 0.407. The van der Waals surface area contributed by atoms with E-state index in [-0.39, 0.29) is 27.4 Å². The molecule has 3 rings (SSSR count). The van der Waals surface area contributed by atoms with Gasteiger partial charge in [0, 0.05) is 19.2 Å². The van der Waals surface area contributed by atoms with Crippen LogP contribution in [-0.2, 0) is 9.68 Å². The molecule has 0 saturated carbocycles. The number of fused-ring (bicyclic) bond motifs is 1. The van der Waals surface area contributed by atoms with Gasteiger partial charge in [-0.05, 0) is 46.1 Å². The lowest BCUT2D eigenvalue weighted by atomic mass is 10.1. The van der Waals surface area contributed by atoms with Crippen LogP contribution in [0.5, 0.6) is 0 Å². The van der Waals surface area contributed by atoms with E-state index in [9.17, 15) is 19.3 Å². The van der Waals surface area contributed by atoms with Crippen molar-refractivity contribution in [2.24, 2.45) is 0 Å². The van der Waals surface area contributed by atoms with Gasteiger partial charge in [-0.1, -0.05) is 5.06 Å². The van der Waals surface area contributed by atoms with Gasteiger partial charge < -0.3 is 15.5 Å². The molecule has 1 saturated heterocycles. The number of likely N-dealkylation sites (tertiary alicyclic amines) is 1. The van der Waals surface area contributed by atoms with E-state index in [0.29, 0.717) is 18.2 Å². The van der Waals surface area contributed by atoms with E-state index >= 15 is 0 Å².